The number of allylic oxidation sites excluding steroid dienone is 1. The fourth-order valence-electron chi connectivity index (χ4n) is 7.53. The van der Waals surface area contributed by atoms with Crippen LogP contribution in [0.2, 0.25) is 0 Å². The van der Waals surface area contributed by atoms with Crippen molar-refractivity contribution in [2.24, 2.45) is 34.5 Å². The van der Waals surface area contributed by atoms with Gasteiger partial charge in [-0.25, -0.2) is 0 Å². The molecule has 0 aliphatic heterocycles. The Labute approximate surface area is 136 Å². The van der Waals surface area contributed by atoms with Crippen LogP contribution in [0, 0.1) is 34.5 Å². The van der Waals surface area contributed by atoms with Crippen molar-refractivity contribution in [1.29, 1.82) is 0 Å². The Bertz CT molecular complexity index is 482. The predicted molar refractivity (Wildman–Crippen MR) is 91.5 cm³/mol. The topological polar surface area (TPSA) is 20.2 Å². The van der Waals surface area contributed by atoms with Crippen molar-refractivity contribution >= 4 is 0 Å². The Morgan fingerprint density at radius 3 is 2.55 bits per heavy atom. The van der Waals surface area contributed by atoms with E-state index in [0.717, 1.165) is 18.3 Å². The minimum absolute atomic E-state index is 0.0415. The maximum absolute atomic E-state index is 11.9. The zero-order valence-corrected chi connectivity index (χ0v) is 14.8. The van der Waals surface area contributed by atoms with Gasteiger partial charge in [-0.3, -0.25) is 0 Å². The third kappa shape index (κ3) is 1.70. The van der Waals surface area contributed by atoms with Crippen LogP contribution in [0.3, 0.4) is 0 Å². The molecular formula is C21H34O. The highest BCUT2D eigenvalue weighted by Crippen LogP contribution is 2.68. The van der Waals surface area contributed by atoms with Gasteiger partial charge >= 0.3 is 0 Å². The third-order valence-corrected chi connectivity index (χ3v) is 9.00. The zero-order valence-electron chi connectivity index (χ0n) is 14.8. The molecular weight excluding hydrogens is 268 g/mol. The van der Waals surface area contributed by atoms with E-state index in [4.69, 9.17) is 0 Å². The molecule has 0 radical (unpaired) electrons. The molecule has 0 bridgehead atoms. The quantitative estimate of drug-likeness (QED) is 0.648. The largest absolute Gasteiger partial charge is 0.389 e. The highest BCUT2D eigenvalue weighted by Gasteiger charge is 2.65. The Hall–Kier alpha value is -0.300. The van der Waals surface area contributed by atoms with Crippen molar-refractivity contribution in [2.45, 2.75) is 84.2 Å². The van der Waals surface area contributed by atoms with Crippen molar-refractivity contribution in [3.63, 3.8) is 0 Å². The highest BCUT2D eigenvalue weighted by atomic mass is 16.3. The molecule has 0 heterocycles. The first-order chi connectivity index (χ1) is 10.5. The Morgan fingerprint density at radius 2 is 1.77 bits per heavy atom. The molecule has 0 aromatic carbocycles. The van der Waals surface area contributed by atoms with Gasteiger partial charge in [0.25, 0.3) is 0 Å². The monoisotopic (exact) mass is 302 g/mol. The number of rotatable bonds is 1. The van der Waals surface area contributed by atoms with Gasteiger partial charge in [0.05, 0.1) is 5.60 Å². The molecule has 3 saturated carbocycles. The smallest absolute Gasteiger partial charge is 0.0769 e. The lowest BCUT2D eigenvalue weighted by molar-refractivity contribution is -0.211. The molecule has 4 rings (SSSR count). The second-order valence-electron chi connectivity index (χ2n) is 9.36. The second-order valence-corrected chi connectivity index (χ2v) is 9.36. The summed E-state index contributed by atoms with van der Waals surface area (Å²) in [5, 5.41) is 11.9. The van der Waals surface area contributed by atoms with Gasteiger partial charge in [-0.1, -0.05) is 39.3 Å². The van der Waals surface area contributed by atoms with Crippen LogP contribution in [-0.2, 0) is 0 Å². The molecule has 124 valence electrons. The third-order valence-electron chi connectivity index (χ3n) is 9.00. The van der Waals surface area contributed by atoms with E-state index in [-0.39, 0.29) is 5.41 Å². The van der Waals surface area contributed by atoms with Gasteiger partial charge in [-0.2, -0.15) is 0 Å². The summed E-state index contributed by atoms with van der Waals surface area (Å²) in [5.74, 6) is 2.93. The summed E-state index contributed by atoms with van der Waals surface area (Å²) < 4.78 is 0. The van der Waals surface area contributed by atoms with Crippen LogP contribution in [0.5, 0.6) is 0 Å². The Morgan fingerprint density at radius 1 is 1.00 bits per heavy atom. The first kappa shape index (κ1) is 15.2. The molecule has 4 aliphatic carbocycles. The fourth-order valence-corrected chi connectivity index (χ4v) is 7.53. The first-order valence-electron chi connectivity index (χ1n) is 9.86. The van der Waals surface area contributed by atoms with Crippen LogP contribution in [0.1, 0.15) is 78.6 Å². The number of hydrogen-bond donors (Lipinski definition) is 1. The molecule has 0 aromatic rings. The van der Waals surface area contributed by atoms with Crippen LogP contribution < -0.4 is 0 Å². The molecule has 3 fully saturated rings. The van der Waals surface area contributed by atoms with E-state index in [1.807, 2.05) is 0 Å². The molecule has 1 heteroatoms. The van der Waals surface area contributed by atoms with Crippen molar-refractivity contribution in [3.05, 3.63) is 12.2 Å². The van der Waals surface area contributed by atoms with Crippen LogP contribution in [0.15, 0.2) is 12.2 Å². The standard InChI is InChI=1S/C21H34O/c1-4-15-8-10-17-18-11-9-16-7-5-6-12-20(16,3)21(18,22)14-13-19(15,17)2/h6,12,15-18,22H,4-5,7-11,13-14H2,1-3H3/t15-,16?,17-,18-,19+,20-,21+/m0/s1. The summed E-state index contributed by atoms with van der Waals surface area (Å²) in [5.41, 5.74) is 0.118. The van der Waals surface area contributed by atoms with Crippen molar-refractivity contribution in [1.82, 2.24) is 0 Å². The highest BCUT2D eigenvalue weighted by molar-refractivity contribution is 5.22. The molecule has 1 N–H and O–H groups in total. The molecule has 7 atom stereocenters. The summed E-state index contributed by atoms with van der Waals surface area (Å²) in [4.78, 5) is 0. The number of fused-ring (bicyclic) bond motifs is 5. The van der Waals surface area contributed by atoms with Crippen LogP contribution in [0.4, 0.5) is 0 Å². The predicted octanol–water partition coefficient (Wildman–Crippen LogP) is 5.34. The van der Waals surface area contributed by atoms with Gasteiger partial charge < -0.3 is 5.11 Å². The van der Waals surface area contributed by atoms with Crippen LogP contribution in [-0.4, -0.2) is 10.7 Å². The normalized spacial score (nSPS) is 57.1. The van der Waals surface area contributed by atoms with Gasteiger partial charge in [0.2, 0.25) is 0 Å². The van der Waals surface area contributed by atoms with E-state index in [1.54, 1.807) is 0 Å². The average molecular weight is 303 g/mol. The summed E-state index contributed by atoms with van der Waals surface area (Å²) in [7, 11) is 0. The van der Waals surface area contributed by atoms with E-state index < -0.39 is 5.60 Å². The van der Waals surface area contributed by atoms with Gasteiger partial charge in [0.1, 0.15) is 0 Å². The summed E-state index contributed by atoms with van der Waals surface area (Å²) >= 11 is 0. The van der Waals surface area contributed by atoms with E-state index in [1.165, 1.54) is 51.4 Å². The maximum Gasteiger partial charge on any atom is 0.0769 e. The van der Waals surface area contributed by atoms with Crippen molar-refractivity contribution < 1.29 is 5.11 Å². The average Bonchev–Trinajstić information content (AvgIpc) is 2.84. The van der Waals surface area contributed by atoms with Gasteiger partial charge in [0.15, 0.2) is 0 Å². The first-order valence-corrected chi connectivity index (χ1v) is 9.86. The van der Waals surface area contributed by atoms with Gasteiger partial charge in [-0.15, -0.1) is 0 Å². The summed E-state index contributed by atoms with van der Waals surface area (Å²) in [6.07, 6.45) is 16.3. The van der Waals surface area contributed by atoms with Gasteiger partial charge in [0, 0.05) is 5.41 Å². The minimum atomic E-state index is -0.431. The maximum atomic E-state index is 11.9. The Kier molecular flexibility index (Phi) is 3.36. The van der Waals surface area contributed by atoms with Gasteiger partial charge in [-0.05, 0) is 80.5 Å². The molecule has 0 spiro atoms. The second kappa shape index (κ2) is 4.85. The van der Waals surface area contributed by atoms with Crippen LogP contribution >= 0.6 is 0 Å². The zero-order chi connectivity index (χ0) is 15.6. The fraction of sp³-hybridized carbons (Fsp3) is 0.905. The SMILES string of the molecule is CC[C@H]1CC[C@H]2[C@@H]3CCC4CCC=C[C@]4(C)[C@@]3(O)CC[C@]12C. The number of aliphatic hydroxyl groups is 1. The number of hydrogen-bond acceptors (Lipinski definition) is 1. The van der Waals surface area contributed by atoms with Crippen LogP contribution in [0.25, 0.3) is 0 Å². The van der Waals surface area contributed by atoms with E-state index in [0.29, 0.717) is 17.3 Å². The lowest BCUT2D eigenvalue weighted by atomic mass is 9.43. The summed E-state index contributed by atoms with van der Waals surface area (Å²) in [6.45, 7) is 7.32. The van der Waals surface area contributed by atoms with E-state index >= 15 is 0 Å². The molecule has 1 unspecified atom stereocenters. The molecule has 0 amide bonds. The minimum Gasteiger partial charge on any atom is -0.389 e. The molecule has 0 saturated heterocycles. The molecule has 22 heavy (non-hydrogen) atoms. The van der Waals surface area contributed by atoms with E-state index in [2.05, 4.69) is 32.9 Å². The molecule has 4 aliphatic rings. The summed E-state index contributed by atoms with van der Waals surface area (Å²) in [6, 6.07) is 0. The van der Waals surface area contributed by atoms with Crippen molar-refractivity contribution in [3.8, 4) is 0 Å². The lowest BCUT2D eigenvalue weighted by Gasteiger charge is -2.63. The molecule has 0 aromatic heterocycles. The lowest BCUT2D eigenvalue weighted by Crippen LogP contribution is -2.64. The molecule has 1 nitrogen and oxygen atoms in total. The van der Waals surface area contributed by atoms with Crippen molar-refractivity contribution in [2.75, 3.05) is 0 Å². The Balaban J connectivity index is 1.72. The van der Waals surface area contributed by atoms with E-state index in [9.17, 15) is 5.11 Å².